The van der Waals surface area contributed by atoms with Crippen LogP contribution < -0.4 is 44.5 Å². The number of nitrogens with zero attached hydrogens (tertiary/aromatic N) is 1. The van der Waals surface area contributed by atoms with Gasteiger partial charge >= 0.3 is 12.0 Å². The largest absolute Gasteiger partial charge is 0.490 e. The number of hydrogen-bond acceptors (Lipinski definition) is 12. The molecule has 4 N–H and O–H groups in total. The molecule has 0 bridgehead atoms. The minimum atomic E-state index is -1.17. The summed E-state index contributed by atoms with van der Waals surface area (Å²) in [4.78, 5) is 24.7. The number of fused-ring (bicyclic) bond motifs is 1. The zero-order valence-corrected chi connectivity index (χ0v) is 29.5. The van der Waals surface area contributed by atoms with E-state index in [9.17, 15) is 14.7 Å². The van der Waals surface area contributed by atoms with Gasteiger partial charge in [0, 0.05) is 5.70 Å². The number of nitrogens with one attached hydrogen (secondary N) is 3. The number of allylic oxidation sites excluding steroid dienone is 1. The molecule has 2 heterocycles. The van der Waals surface area contributed by atoms with Crippen molar-refractivity contribution in [2.45, 2.75) is 39.6 Å². The first-order chi connectivity index (χ1) is 23.7. The SMILES string of the molecule is CCOc1cc([C@H]2NC(=O)NC(C)=C2C(=O)OC)ccc1OC[C@@H](O)N/N=C\c1cc(I)c(OCc2ccc3c(c2)OCO3)c(OCC)c1. The van der Waals surface area contributed by atoms with Gasteiger partial charge in [0.25, 0.3) is 0 Å². The van der Waals surface area contributed by atoms with E-state index in [0.29, 0.717) is 65.6 Å². The van der Waals surface area contributed by atoms with Gasteiger partial charge in [0.05, 0.1) is 41.7 Å². The van der Waals surface area contributed by atoms with E-state index in [2.05, 4.69) is 43.8 Å². The van der Waals surface area contributed by atoms with Gasteiger partial charge in [-0.25, -0.2) is 9.59 Å². The van der Waals surface area contributed by atoms with Crippen molar-refractivity contribution in [3.63, 3.8) is 0 Å². The summed E-state index contributed by atoms with van der Waals surface area (Å²) in [6.07, 6.45) is 0.387. The number of amides is 2. The second kappa shape index (κ2) is 16.5. The van der Waals surface area contributed by atoms with E-state index < -0.39 is 24.3 Å². The highest BCUT2D eigenvalue weighted by atomic mass is 127. The normalized spacial score (nSPS) is 15.7. The van der Waals surface area contributed by atoms with E-state index in [0.717, 1.165) is 14.7 Å². The van der Waals surface area contributed by atoms with Gasteiger partial charge in [0.1, 0.15) is 13.2 Å². The molecule has 2 atom stereocenters. The predicted molar refractivity (Wildman–Crippen MR) is 186 cm³/mol. The number of hydrazone groups is 1. The molecule has 14 nitrogen and oxygen atoms in total. The average molecular weight is 789 g/mol. The standard InChI is InChI=1S/C34H37IN4O10/c1-5-44-27-14-22(31-30(33(41)43-4)19(3)37-34(42)38-31)8-10-24(27)46-17-29(40)39-36-15-21-11-23(35)32(28(13-21)45-6-2)47-16-20-7-9-25-26(12-20)49-18-48-25/h7-15,29,31,39-40H,5-6,16-18H2,1-4H3,(H2,37,38,42)/b36-15-/t29-,31-/m1/s1. The lowest BCUT2D eigenvalue weighted by atomic mass is 9.95. The molecule has 0 saturated carbocycles. The topological polar surface area (TPSA) is 167 Å². The van der Waals surface area contributed by atoms with Crippen LogP contribution in [0.15, 0.2) is 64.9 Å². The molecule has 0 radical (unpaired) electrons. The van der Waals surface area contributed by atoms with Crippen LogP contribution in [-0.2, 0) is 16.1 Å². The Balaban J connectivity index is 1.21. The van der Waals surface area contributed by atoms with Gasteiger partial charge in [0.2, 0.25) is 6.79 Å². The molecule has 2 aliphatic rings. The van der Waals surface area contributed by atoms with E-state index in [-0.39, 0.29) is 19.0 Å². The third kappa shape index (κ3) is 8.77. The lowest BCUT2D eigenvalue weighted by Gasteiger charge is -2.28. The average Bonchev–Trinajstić information content (AvgIpc) is 3.55. The van der Waals surface area contributed by atoms with Crippen LogP contribution in [-0.4, -0.2) is 63.3 Å². The van der Waals surface area contributed by atoms with Gasteiger partial charge in [-0.05, 0) is 96.5 Å². The summed E-state index contributed by atoms with van der Waals surface area (Å²) >= 11 is 2.18. The van der Waals surface area contributed by atoms with Crippen LogP contribution in [0.25, 0.3) is 0 Å². The molecule has 5 rings (SSSR count). The summed E-state index contributed by atoms with van der Waals surface area (Å²) in [5.41, 5.74) is 5.54. The van der Waals surface area contributed by atoms with Crippen molar-refractivity contribution in [2.75, 3.05) is 33.7 Å². The number of aliphatic hydroxyl groups is 1. The molecule has 0 fully saturated rings. The smallest absolute Gasteiger partial charge is 0.337 e. The van der Waals surface area contributed by atoms with Gasteiger partial charge in [-0.1, -0.05) is 12.1 Å². The van der Waals surface area contributed by atoms with Crippen LogP contribution in [0.4, 0.5) is 4.79 Å². The molecule has 260 valence electrons. The van der Waals surface area contributed by atoms with E-state index in [1.807, 2.05) is 38.1 Å². The second-order valence-corrected chi connectivity index (χ2v) is 11.8. The number of ether oxygens (including phenoxy) is 7. The third-order valence-electron chi connectivity index (χ3n) is 7.26. The number of carbonyl (C=O) groups is 2. The first kappa shape index (κ1) is 35.4. The number of carbonyl (C=O) groups excluding carboxylic acids is 2. The predicted octanol–water partition coefficient (Wildman–Crippen LogP) is 4.52. The van der Waals surface area contributed by atoms with Crippen LogP contribution in [0.2, 0.25) is 0 Å². The Morgan fingerprint density at radius 1 is 1.04 bits per heavy atom. The highest BCUT2D eigenvalue weighted by molar-refractivity contribution is 14.1. The Hall–Kier alpha value is -4.90. The number of methoxy groups -OCH3 is 1. The van der Waals surface area contributed by atoms with Crippen LogP contribution in [0.5, 0.6) is 34.5 Å². The lowest BCUT2D eigenvalue weighted by molar-refractivity contribution is -0.136. The molecule has 0 aliphatic carbocycles. The number of urea groups is 1. The van der Waals surface area contributed by atoms with E-state index in [1.165, 1.54) is 7.11 Å². The van der Waals surface area contributed by atoms with E-state index in [4.69, 9.17) is 33.2 Å². The Morgan fingerprint density at radius 3 is 2.59 bits per heavy atom. The Labute approximate surface area is 296 Å². The molecule has 0 aromatic heterocycles. The number of rotatable bonds is 15. The molecule has 3 aromatic carbocycles. The fourth-order valence-corrected chi connectivity index (χ4v) is 5.85. The second-order valence-electron chi connectivity index (χ2n) is 10.7. The molecule has 3 aromatic rings. The summed E-state index contributed by atoms with van der Waals surface area (Å²) in [5.74, 6) is 2.69. The maximum absolute atomic E-state index is 12.5. The highest BCUT2D eigenvalue weighted by Gasteiger charge is 2.32. The van der Waals surface area contributed by atoms with Crippen LogP contribution >= 0.6 is 22.6 Å². The van der Waals surface area contributed by atoms with Crippen molar-refractivity contribution in [3.05, 3.63) is 80.1 Å². The maximum Gasteiger partial charge on any atom is 0.337 e. The molecule has 15 heteroatoms. The van der Waals surface area contributed by atoms with Gasteiger partial charge < -0.3 is 48.9 Å². The molecule has 49 heavy (non-hydrogen) atoms. The Kier molecular flexibility index (Phi) is 11.9. The number of benzene rings is 3. The quantitative estimate of drug-likeness (QED) is 0.0563. The molecule has 0 unspecified atom stereocenters. The molecule has 0 spiro atoms. The number of halogens is 1. The first-order valence-corrected chi connectivity index (χ1v) is 16.5. The van der Waals surface area contributed by atoms with Crippen molar-refractivity contribution in [1.82, 2.24) is 16.1 Å². The minimum Gasteiger partial charge on any atom is -0.490 e. The summed E-state index contributed by atoms with van der Waals surface area (Å²) < 4.78 is 40.2. The summed E-state index contributed by atoms with van der Waals surface area (Å²) in [5, 5.41) is 20.1. The van der Waals surface area contributed by atoms with Crippen LogP contribution in [0.3, 0.4) is 0 Å². The van der Waals surface area contributed by atoms with Crippen molar-refractivity contribution in [2.24, 2.45) is 5.10 Å². The highest BCUT2D eigenvalue weighted by Crippen LogP contribution is 2.37. The number of aliphatic hydroxyl groups excluding tert-OH is 1. The third-order valence-corrected chi connectivity index (χ3v) is 8.06. The first-order valence-electron chi connectivity index (χ1n) is 15.4. The lowest BCUT2D eigenvalue weighted by Crippen LogP contribution is -2.45. The molecule has 2 aliphatic heterocycles. The fraction of sp³-hybridized carbons (Fsp3) is 0.324. The van der Waals surface area contributed by atoms with E-state index in [1.54, 1.807) is 37.4 Å². The zero-order valence-electron chi connectivity index (χ0n) is 27.3. The van der Waals surface area contributed by atoms with Crippen LogP contribution in [0, 0.1) is 3.57 Å². The maximum atomic E-state index is 12.5. The molecule has 0 saturated heterocycles. The number of hydrogen-bond donors (Lipinski definition) is 4. The van der Waals surface area contributed by atoms with Gasteiger partial charge in [-0.2, -0.15) is 5.10 Å². The van der Waals surface area contributed by atoms with E-state index >= 15 is 0 Å². The molecular formula is C34H37IN4O10. The monoisotopic (exact) mass is 788 g/mol. The van der Waals surface area contributed by atoms with Crippen molar-refractivity contribution in [3.8, 4) is 34.5 Å². The van der Waals surface area contributed by atoms with Crippen molar-refractivity contribution in [1.29, 1.82) is 0 Å². The van der Waals surface area contributed by atoms with Crippen LogP contribution in [0.1, 0.15) is 43.5 Å². The van der Waals surface area contributed by atoms with Gasteiger partial charge in [-0.15, -0.1) is 0 Å². The minimum absolute atomic E-state index is 0.165. The molecular weight excluding hydrogens is 751 g/mol. The summed E-state index contributed by atoms with van der Waals surface area (Å²) in [7, 11) is 1.27. The molecule has 2 amide bonds. The fourth-order valence-electron chi connectivity index (χ4n) is 5.07. The van der Waals surface area contributed by atoms with Gasteiger partial charge in [-0.3, -0.25) is 5.43 Å². The zero-order chi connectivity index (χ0) is 34.9. The van der Waals surface area contributed by atoms with Gasteiger partial charge in [0.15, 0.2) is 40.7 Å². The Bertz CT molecular complexity index is 1750. The Morgan fingerprint density at radius 2 is 1.82 bits per heavy atom. The van der Waals surface area contributed by atoms with Crippen molar-refractivity contribution >= 4 is 40.8 Å². The number of esters is 1. The summed E-state index contributed by atoms with van der Waals surface area (Å²) in [6, 6.07) is 13.1. The van der Waals surface area contributed by atoms with Crippen molar-refractivity contribution < 1.29 is 47.9 Å². The summed E-state index contributed by atoms with van der Waals surface area (Å²) in [6.45, 7) is 6.44.